The molecule has 100 valence electrons. The van der Waals surface area contributed by atoms with Gasteiger partial charge in [0.2, 0.25) is 0 Å². The number of hydrogen-bond acceptors (Lipinski definition) is 2. The van der Waals surface area contributed by atoms with Crippen LogP contribution in [0.3, 0.4) is 0 Å². The molecule has 0 atom stereocenters. The van der Waals surface area contributed by atoms with Gasteiger partial charge in [-0.1, -0.05) is 50.3 Å². The van der Waals surface area contributed by atoms with Gasteiger partial charge in [-0.05, 0) is 25.3 Å². The second-order valence-corrected chi connectivity index (χ2v) is 5.51. The van der Waals surface area contributed by atoms with Gasteiger partial charge in [-0.15, -0.1) is 0 Å². The number of aryl methyl sites for hydroxylation is 1. The molecule has 1 fully saturated rings. The Morgan fingerprint density at radius 3 is 2.50 bits per heavy atom. The number of para-hydroxylation sites is 1. The molecule has 0 bridgehead atoms. The molecule has 0 aromatic heterocycles. The maximum atomic E-state index is 9.99. The van der Waals surface area contributed by atoms with Crippen molar-refractivity contribution in [1.82, 2.24) is 5.32 Å². The van der Waals surface area contributed by atoms with Gasteiger partial charge in [0.15, 0.2) is 0 Å². The van der Waals surface area contributed by atoms with Gasteiger partial charge in [0.05, 0.1) is 0 Å². The second-order valence-electron chi connectivity index (χ2n) is 5.51. The van der Waals surface area contributed by atoms with Gasteiger partial charge in [0.1, 0.15) is 5.75 Å². The van der Waals surface area contributed by atoms with Gasteiger partial charge < -0.3 is 10.4 Å². The lowest BCUT2D eigenvalue weighted by atomic mass is 9.96. The molecule has 2 N–H and O–H groups in total. The SMILES string of the molecule is Cc1cccc(CNC2CCCCCCC2)c1O. The van der Waals surface area contributed by atoms with E-state index in [1.807, 2.05) is 25.1 Å². The predicted octanol–water partition coefficient (Wildman–Crippen LogP) is 3.90. The molecule has 2 nitrogen and oxygen atoms in total. The lowest BCUT2D eigenvalue weighted by Crippen LogP contribution is -2.29. The van der Waals surface area contributed by atoms with Crippen molar-refractivity contribution >= 4 is 0 Å². The van der Waals surface area contributed by atoms with Gasteiger partial charge in [0, 0.05) is 18.2 Å². The standard InChI is InChI=1S/C16H25NO/c1-13-8-7-9-14(16(13)18)12-17-15-10-5-3-2-4-6-11-15/h7-9,15,17-18H,2-6,10-12H2,1H3. The number of phenolic OH excluding ortho intramolecular Hbond substituents is 1. The van der Waals surface area contributed by atoms with Crippen LogP contribution in [0.4, 0.5) is 0 Å². The van der Waals surface area contributed by atoms with E-state index in [0.717, 1.165) is 17.7 Å². The second kappa shape index (κ2) is 6.79. The van der Waals surface area contributed by atoms with Gasteiger partial charge in [0.25, 0.3) is 0 Å². The van der Waals surface area contributed by atoms with Crippen molar-refractivity contribution in [3.8, 4) is 5.75 Å². The van der Waals surface area contributed by atoms with Crippen molar-refractivity contribution in [2.24, 2.45) is 0 Å². The van der Waals surface area contributed by atoms with Crippen molar-refractivity contribution in [3.05, 3.63) is 29.3 Å². The molecule has 1 aromatic rings. The van der Waals surface area contributed by atoms with E-state index in [1.165, 1.54) is 44.9 Å². The average molecular weight is 247 g/mol. The van der Waals surface area contributed by atoms with Gasteiger partial charge in [-0.3, -0.25) is 0 Å². The fourth-order valence-electron chi connectivity index (χ4n) is 2.78. The third kappa shape index (κ3) is 3.74. The first-order valence-electron chi connectivity index (χ1n) is 7.28. The van der Waals surface area contributed by atoms with E-state index >= 15 is 0 Å². The van der Waals surface area contributed by atoms with E-state index in [4.69, 9.17) is 0 Å². The molecule has 2 rings (SSSR count). The number of hydrogen-bond donors (Lipinski definition) is 2. The van der Waals surface area contributed by atoms with Crippen LogP contribution < -0.4 is 5.32 Å². The largest absolute Gasteiger partial charge is 0.507 e. The summed E-state index contributed by atoms with van der Waals surface area (Å²) in [6.45, 7) is 2.74. The number of phenols is 1. The third-order valence-corrected chi connectivity index (χ3v) is 4.01. The summed E-state index contributed by atoms with van der Waals surface area (Å²) in [5, 5.41) is 13.6. The van der Waals surface area contributed by atoms with Crippen molar-refractivity contribution in [3.63, 3.8) is 0 Å². The monoisotopic (exact) mass is 247 g/mol. The zero-order valence-corrected chi connectivity index (χ0v) is 11.4. The van der Waals surface area contributed by atoms with Gasteiger partial charge in [-0.2, -0.15) is 0 Å². The van der Waals surface area contributed by atoms with Crippen LogP contribution in [0.5, 0.6) is 5.75 Å². The van der Waals surface area contributed by atoms with Crippen molar-refractivity contribution in [2.45, 2.75) is 64.5 Å². The lowest BCUT2D eigenvalue weighted by molar-refractivity contribution is 0.384. The Morgan fingerprint density at radius 2 is 1.78 bits per heavy atom. The summed E-state index contributed by atoms with van der Waals surface area (Å²) in [6, 6.07) is 6.61. The topological polar surface area (TPSA) is 32.3 Å². The summed E-state index contributed by atoms with van der Waals surface area (Å²) in [6.07, 6.45) is 9.43. The minimum Gasteiger partial charge on any atom is -0.507 e. The fraction of sp³-hybridized carbons (Fsp3) is 0.625. The molecule has 1 aliphatic rings. The Morgan fingerprint density at radius 1 is 1.11 bits per heavy atom. The average Bonchev–Trinajstić information content (AvgIpc) is 2.32. The Kier molecular flexibility index (Phi) is 5.06. The molecule has 0 unspecified atom stereocenters. The first-order valence-corrected chi connectivity index (χ1v) is 7.28. The number of rotatable bonds is 3. The lowest BCUT2D eigenvalue weighted by Gasteiger charge is -2.21. The zero-order chi connectivity index (χ0) is 12.8. The van der Waals surface area contributed by atoms with Crippen LogP contribution in [-0.2, 0) is 6.54 Å². The van der Waals surface area contributed by atoms with Crippen LogP contribution in [-0.4, -0.2) is 11.1 Å². The van der Waals surface area contributed by atoms with E-state index in [-0.39, 0.29) is 0 Å². The van der Waals surface area contributed by atoms with Crippen LogP contribution in [0.15, 0.2) is 18.2 Å². The summed E-state index contributed by atoms with van der Waals surface area (Å²) in [7, 11) is 0. The van der Waals surface area contributed by atoms with Crippen molar-refractivity contribution in [2.75, 3.05) is 0 Å². The molecule has 0 aliphatic heterocycles. The van der Waals surface area contributed by atoms with E-state index in [0.29, 0.717) is 11.8 Å². The molecule has 18 heavy (non-hydrogen) atoms. The summed E-state index contributed by atoms with van der Waals surface area (Å²) in [4.78, 5) is 0. The van der Waals surface area contributed by atoms with E-state index in [2.05, 4.69) is 5.32 Å². The van der Waals surface area contributed by atoms with Crippen LogP contribution in [0.2, 0.25) is 0 Å². The highest BCUT2D eigenvalue weighted by molar-refractivity contribution is 5.39. The summed E-state index contributed by atoms with van der Waals surface area (Å²) >= 11 is 0. The fourth-order valence-corrected chi connectivity index (χ4v) is 2.78. The minimum absolute atomic E-state index is 0.454. The molecule has 0 heterocycles. The molecular weight excluding hydrogens is 222 g/mol. The van der Waals surface area contributed by atoms with Crippen molar-refractivity contribution in [1.29, 1.82) is 0 Å². The summed E-state index contributed by atoms with van der Waals surface area (Å²) < 4.78 is 0. The van der Waals surface area contributed by atoms with Crippen molar-refractivity contribution < 1.29 is 5.11 Å². The van der Waals surface area contributed by atoms with Crippen LogP contribution in [0, 0.1) is 6.92 Å². The van der Waals surface area contributed by atoms with Crippen LogP contribution in [0.1, 0.15) is 56.1 Å². The normalized spacial score (nSPS) is 18.3. The summed E-state index contributed by atoms with van der Waals surface area (Å²) in [5.41, 5.74) is 1.99. The molecule has 1 saturated carbocycles. The van der Waals surface area contributed by atoms with Gasteiger partial charge in [-0.25, -0.2) is 0 Å². The molecule has 0 radical (unpaired) electrons. The Labute approximate surface area is 110 Å². The van der Waals surface area contributed by atoms with Crippen LogP contribution >= 0.6 is 0 Å². The maximum absolute atomic E-state index is 9.99. The molecule has 1 aromatic carbocycles. The molecule has 1 aliphatic carbocycles. The van der Waals surface area contributed by atoms with E-state index < -0.39 is 0 Å². The third-order valence-electron chi connectivity index (χ3n) is 4.01. The molecule has 0 spiro atoms. The molecule has 0 amide bonds. The predicted molar refractivity (Wildman–Crippen MR) is 75.8 cm³/mol. The first kappa shape index (κ1) is 13.4. The van der Waals surface area contributed by atoms with Crippen LogP contribution in [0.25, 0.3) is 0 Å². The molecule has 2 heteroatoms. The highest BCUT2D eigenvalue weighted by Gasteiger charge is 2.11. The first-order chi connectivity index (χ1) is 8.77. The number of nitrogens with one attached hydrogen (secondary N) is 1. The van der Waals surface area contributed by atoms with E-state index in [9.17, 15) is 5.11 Å². The highest BCUT2D eigenvalue weighted by Crippen LogP contribution is 2.22. The van der Waals surface area contributed by atoms with Gasteiger partial charge >= 0.3 is 0 Å². The Bertz CT molecular complexity index is 367. The maximum Gasteiger partial charge on any atom is 0.122 e. The molecular formula is C16H25NO. The Hall–Kier alpha value is -1.02. The summed E-state index contributed by atoms with van der Waals surface area (Å²) in [5.74, 6) is 0.454. The number of benzene rings is 1. The highest BCUT2D eigenvalue weighted by atomic mass is 16.3. The number of aromatic hydroxyl groups is 1. The molecule has 0 saturated heterocycles. The Balaban J connectivity index is 1.87. The zero-order valence-electron chi connectivity index (χ0n) is 11.4. The smallest absolute Gasteiger partial charge is 0.122 e. The van der Waals surface area contributed by atoms with E-state index in [1.54, 1.807) is 0 Å². The minimum atomic E-state index is 0.454. The quantitative estimate of drug-likeness (QED) is 0.849.